The van der Waals surface area contributed by atoms with Gasteiger partial charge in [-0.25, -0.2) is 9.18 Å². The molecule has 0 bridgehead atoms. The highest BCUT2D eigenvalue weighted by molar-refractivity contribution is 6.09. The van der Waals surface area contributed by atoms with Crippen LogP contribution < -0.4 is 10.6 Å². The zero-order valence-corrected chi connectivity index (χ0v) is 13.5. The molecule has 2 N–H and O–H groups in total. The van der Waals surface area contributed by atoms with Crippen molar-refractivity contribution in [3.8, 4) is 0 Å². The monoisotopic (exact) mass is 333 g/mol. The third kappa shape index (κ3) is 2.86. The Morgan fingerprint density at radius 1 is 1.33 bits per heavy atom. The normalized spacial score (nSPS) is 24.3. The van der Waals surface area contributed by atoms with Crippen LogP contribution in [0.4, 0.5) is 9.18 Å². The molecule has 24 heavy (non-hydrogen) atoms. The second-order valence-corrected chi connectivity index (χ2v) is 6.48. The van der Waals surface area contributed by atoms with E-state index < -0.39 is 23.3 Å². The van der Waals surface area contributed by atoms with Crippen LogP contribution in [0.5, 0.6) is 0 Å². The number of hydrogen-bond donors (Lipinski definition) is 2. The third-order valence-electron chi connectivity index (χ3n) is 4.71. The van der Waals surface area contributed by atoms with Gasteiger partial charge in [-0.05, 0) is 25.8 Å². The molecule has 0 unspecified atom stereocenters. The molecule has 2 aliphatic rings. The SMILES string of the molecule is C[C@]1(c2ccccc2F)NC(=O)N(CC(=O)NC2CCCC2)C1=O. The van der Waals surface area contributed by atoms with Crippen LogP contribution in [0.1, 0.15) is 38.2 Å². The van der Waals surface area contributed by atoms with Crippen LogP contribution in [-0.4, -0.2) is 35.3 Å². The van der Waals surface area contributed by atoms with E-state index in [1.54, 1.807) is 6.07 Å². The maximum absolute atomic E-state index is 14.0. The van der Waals surface area contributed by atoms with Gasteiger partial charge in [-0.3, -0.25) is 14.5 Å². The molecule has 6 nitrogen and oxygen atoms in total. The predicted octanol–water partition coefficient (Wildman–Crippen LogP) is 1.65. The summed E-state index contributed by atoms with van der Waals surface area (Å²) in [5.74, 6) is -1.58. The number of carbonyl (C=O) groups excluding carboxylic acids is 3. The van der Waals surface area contributed by atoms with Gasteiger partial charge in [0.15, 0.2) is 0 Å². The summed E-state index contributed by atoms with van der Waals surface area (Å²) >= 11 is 0. The highest BCUT2D eigenvalue weighted by Crippen LogP contribution is 2.30. The number of amides is 4. The lowest BCUT2D eigenvalue weighted by molar-refractivity contribution is -0.135. The minimum Gasteiger partial charge on any atom is -0.352 e. The van der Waals surface area contributed by atoms with E-state index >= 15 is 0 Å². The molecule has 0 aromatic heterocycles. The molecule has 1 aliphatic heterocycles. The molecule has 3 rings (SSSR count). The number of halogens is 1. The topological polar surface area (TPSA) is 78.5 Å². The molecule has 1 aromatic rings. The van der Waals surface area contributed by atoms with Gasteiger partial charge in [-0.15, -0.1) is 0 Å². The first-order valence-corrected chi connectivity index (χ1v) is 8.10. The maximum atomic E-state index is 14.0. The first kappa shape index (κ1) is 16.4. The number of nitrogens with one attached hydrogen (secondary N) is 2. The number of imide groups is 1. The van der Waals surface area contributed by atoms with Crippen LogP contribution in [0.25, 0.3) is 0 Å². The molecule has 0 spiro atoms. The summed E-state index contributed by atoms with van der Waals surface area (Å²) in [6.45, 7) is 1.09. The number of rotatable bonds is 4. The fourth-order valence-electron chi connectivity index (χ4n) is 3.38. The molecule has 4 amide bonds. The number of benzene rings is 1. The number of nitrogens with zero attached hydrogens (tertiary/aromatic N) is 1. The molecule has 2 fully saturated rings. The van der Waals surface area contributed by atoms with Gasteiger partial charge in [0.25, 0.3) is 5.91 Å². The van der Waals surface area contributed by atoms with Crippen molar-refractivity contribution in [2.75, 3.05) is 6.54 Å². The van der Waals surface area contributed by atoms with E-state index in [0.29, 0.717) is 0 Å². The second-order valence-electron chi connectivity index (χ2n) is 6.48. The van der Waals surface area contributed by atoms with Crippen LogP contribution in [0.2, 0.25) is 0 Å². The summed E-state index contributed by atoms with van der Waals surface area (Å²) < 4.78 is 14.0. The van der Waals surface area contributed by atoms with Gasteiger partial charge < -0.3 is 10.6 Å². The van der Waals surface area contributed by atoms with Gasteiger partial charge in [0.05, 0.1) is 0 Å². The number of urea groups is 1. The Labute approximate surface area is 139 Å². The second kappa shape index (κ2) is 6.22. The number of hydrogen-bond acceptors (Lipinski definition) is 3. The van der Waals surface area contributed by atoms with Crippen LogP contribution in [-0.2, 0) is 15.1 Å². The fraction of sp³-hybridized carbons (Fsp3) is 0.471. The molecular formula is C17H20FN3O3. The van der Waals surface area contributed by atoms with E-state index in [4.69, 9.17) is 0 Å². The lowest BCUT2D eigenvalue weighted by Crippen LogP contribution is -2.45. The zero-order valence-electron chi connectivity index (χ0n) is 13.5. The molecule has 128 valence electrons. The van der Waals surface area contributed by atoms with Crippen LogP contribution in [0, 0.1) is 5.82 Å². The molecule has 7 heteroatoms. The average molecular weight is 333 g/mol. The van der Waals surface area contributed by atoms with Crippen molar-refractivity contribution in [2.45, 2.75) is 44.2 Å². The minimum atomic E-state index is -1.50. The van der Waals surface area contributed by atoms with Crippen molar-refractivity contribution in [3.63, 3.8) is 0 Å². The molecule has 1 atom stereocenters. The fourth-order valence-corrected chi connectivity index (χ4v) is 3.38. The van der Waals surface area contributed by atoms with Gasteiger partial charge in [-0.2, -0.15) is 0 Å². The average Bonchev–Trinajstić information content (AvgIpc) is 3.11. The zero-order chi connectivity index (χ0) is 17.3. The lowest BCUT2D eigenvalue weighted by atomic mass is 9.91. The minimum absolute atomic E-state index is 0.0852. The molecule has 1 aromatic carbocycles. The van der Waals surface area contributed by atoms with Crippen LogP contribution >= 0.6 is 0 Å². The van der Waals surface area contributed by atoms with Crippen molar-refractivity contribution in [1.82, 2.24) is 15.5 Å². The molecule has 1 heterocycles. The highest BCUT2D eigenvalue weighted by Gasteiger charge is 2.50. The van der Waals surface area contributed by atoms with Crippen molar-refractivity contribution in [2.24, 2.45) is 0 Å². The van der Waals surface area contributed by atoms with Gasteiger partial charge in [0.1, 0.15) is 17.9 Å². The summed E-state index contributed by atoms with van der Waals surface area (Å²) in [6.07, 6.45) is 3.97. The summed E-state index contributed by atoms with van der Waals surface area (Å²) in [5, 5.41) is 5.34. The first-order chi connectivity index (χ1) is 11.4. The Balaban J connectivity index is 1.74. The van der Waals surface area contributed by atoms with E-state index in [-0.39, 0.29) is 24.1 Å². The summed E-state index contributed by atoms with van der Waals surface area (Å²) in [7, 11) is 0. The smallest absolute Gasteiger partial charge is 0.325 e. The molecular weight excluding hydrogens is 313 g/mol. The Morgan fingerprint density at radius 2 is 2.00 bits per heavy atom. The first-order valence-electron chi connectivity index (χ1n) is 8.10. The quantitative estimate of drug-likeness (QED) is 0.823. The van der Waals surface area contributed by atoms with E-state index in [9.17, 15) is 18.8 Å². The van der Waals surface area contributed by atoms with Crippen molar-refractivity contribution in [1.29, 1.82) is 0 Å². The largest absolute Gasteiger partial charge is 0.352 e. The van der Waals surface area contributed by atoms with Gasteiger partial charge in [-0.1, -0.05) is 31.0 Å². The van der Waals surface area contributed by atoms with Crippen molar-refractivity contribution < 1.29 is 18.8 Å². The number of carbonyl (C=O) groups is 3. The van der Waals surface area contributed by atoms with Gasteiger partial charge in [0.2, 0.25) is 5.91 Å². The van der Waals surface area contributed by atoms with Gasteiger partial charge >= 0.3 is 6.03 Å². The Hall–Kier alpha value is -2.44. The summed E-state index contributed by atoms with van der Waals surface area (Å²) in [5.41, 5.74) is -1.42. The van der Waals surface area contributed by atoms with Crippen LogP contribution in [0.15, 0.2) is 24.3 Å². The Bertz CT molecular complexity index is 687. The molecule has 1 aliphatic carbocycles. The van der Waals surface area contributed by atoms with E-state index in [1.807, 2.05) is 0 Å². The Morgan fingerprint density at radius 3 is 2.67 bits per heavy atom. The molecule has 1 saturated heterocycles. The van der Waals surface area contributed by atoms with Crippen molar-refractivity contribution >= 4 is 17.8 Å². The molecule has 1 saturated carbocycles. The van der Waals surface area contributed by atoms with Crippen LogP contribution in [0.3, 0.4) is 0 Å². The lowest BCUT2D eigenvalue weighted by Gasteiger charge is -2.22. The molecule has 0 radical (unpaired) electrons. The predicted molar refractivity (Wildman–Crippen MR) is 84.4 cm³/mol. The van der Waals surface area contributed by atoms with E-state index in [0.717, 1.165) is 30.6 Å². The van der Waals surface area contributed by atoms with E-state index in [1.165, 1.54) is 25.1 Å². The van der Waals surface area contributed by atoms with E-state index in [2.05, 4.69) is 10.6 Å². The highest BCUT2D eigenvalue weighted by atomic mass is 19.1. The summed E-state index contributed by atoms with van der Waals surface area (Å²) in [4.78, 5) is 37.8. The standard InChI is InChI=1S/C17H20FN3O3/c1-17(12-8-4-5-9-13(12)18)15(23)21(16(24)20-17)10-14(22)19-11-6-2-3-7-11/h4-5,8-9,11H,2-3,6-7,10H2,1H3,(H,19,22)(H,20,24)/t17-/m1/s1. The Kier molecular flexibility index (Phi) is 4.26. The summed E-state index contributed by atoms with van der Waals surface area (Å²) in [6, 6.07) is 5.21. The maximum Gasteiger partial charge on any atom is 0.325 e. The van der Waals surface area contributed by atoms with Gasteiger partial charge in [0, 0.05) is 11.6 Å². The van der Waals surface area contributed by atoms with Crippen molar-refractivity contribution in [3.05, 3.63) is 35.6 Å². The third-order valence-corrected chi connectivity index (χ3v) is 4.71.